The number of aryl methyl sites for hydroxylation is 1. The van der Waals surface area contributed by atoms with Gasteiger partial charge in [0, 0.05) is 11.5 Å². The smallest absolute Gasteiger partial charge is 0.0393 e. The average Bonchev–Trinajstić information content (AvgIpc) is 2.55. The van der Waals surface area contributed by atoms with Gasteiger partial charge in [-0.15, -0.1) is 0 Å². The molecule has 2 aromatic carbocycles. The first-order valence-corrected chi connectivity index (χ1v) is 8.10. The third kappa shape index (κ3) is 2.75. The summed E-state index contributed by atoms with van der Waals surface area (Å²) in [6.07, 6.45) is 6.32. The molecule has 1 heteroatoms. The molecular formula is C20H25N. The molecule has 2 N–H and O–H groups in total. The molecule has 1 aliphatic rings. The van der Waals surface area contributed by atoms with Gasteiger partial charge in [-0.05, 0) is 30.9 Å². The summed E-state index contributed by atoms with van der Waals surface area (Å²) in [5, 5.41) is 0. The van der Waals surface area contributed by atoms with Crippen LogP contribution in [0.15, 0.2) is 54.6 Å². The molecule has 0 aliphatic heterocycles. The van der Waals surface area contributed by atoms with Gasteiger partial charge in [-0.25, -0.2) is 0 Å². The summed E-state index contributed by atoms with van der Waals surface area (Å²) in [6.45, 7) is 2.15. The summed E-state index contributed by atoms with van der Waals surface area (Å²) in [5.74, 6) is 0. The summed E-state index contributed by atoms with van der Waals surface area (Å²) >= 11 is 0. The van der Waals surface area contributed by atoms with Crippen molar-refractivity contribution in [3.05, 3.63) is 71.3 Å². The zero-order valence-corrected chi connectivity index (χ0v) is 12.9. The predicted molar refractivity (Wildman–Crippen MR) is 89.3 cm³/mol. The van der Waals surface area contributed by atoms with Crippen LogP contribution in [0.3, 0.4) is 0 Å². The van der Waals surface area contributed by atoms with Crippen LogP contribution in [0.5, 0.6) is 0 Å². The SMILES string of the molecule is Cc1cccc(C(N)C2(c3ccccc3)CCCCC2)c1. The molecule has 0 saturated heterocycles. The Balaban J connectivity index is 2.03. The minimum Gasteiger partial charge on any atom is -0.323 e. The minimum absolute atomic E-state index is 0.0834. The highest BCUT2D eigenvalue weighted by molar-refractivity contribution is 5.35. The molecule has 2 aromatic rings. The molecule has 0 heterocycles. The molecule has 0 spiro atoms. The van der Waals surface area contributed by atoms with Crippen molar-refractivity contribution in [1.82, 2.24) is 0 Å². The van der Waals surface area contributed by atoms with E-state index >= 15 is 0 Å². The van der Waals surface area contributed by atoms with Gasteiger partial charge in [-0.2, -0.15) is 0 Å². The molecule has 1 saturated carbocycles. The highest BCUT2D eigenvalue weighted by Gasteiger charge is 2.40. The molecule has 0 amide bonds. The number of hydrogen-bond donors (Lipinski definition) is 1. The first-order valence-electron chi connectivity index (χ1n) is 8.10. The van der Waals surface area contributed by atoms with Gasteiger partial charge in [0.15, 0.2) is 0 Å². The van der Waals surface area contributed by atoms with Crippen molar-refractivity contribution in [1.29, 1.82) is 0 Å². The quantitative estimate of drug-likeness (QED) is 0.850. The lowest BCUT2D eigenvalue weighted by Crippen LogP contribution is -2.40. The summed E-state index contributed by atoms with van der Waals surface area (Å²) < 4.78 is 0. The van der Waals surface area contributed by atoms with Crippen molar-refractivity contribution in [3.8, 4) is 0 Å². The Morgan fingerprint density at radius 1 is 0.905 bits per heavy atom. The second kappa shape index (κ2) is 6.03. The fraction of sp³-hybridized carbons (Fsp3) is 0.400. The van der Waals surface area contributed by atoms with E-state index in [0.717, 1.165) is 0 Å². The van der Waals surface area contributed by atoms with Gasteiger partial charge < -0.3 is 5.73 Å². The Morgan fingerprint density at radius 3 is 2.29 bits per heavy atom. The second-order valence-corrected chi connectivity index (χ2v) is 6.47. The summed E-state index contributed by atoms with van der Waals surface area (Å²) in [7, 11) is 0. The van der Waals surface area contributed by atoms with Gasteiger partial charge in [0.05, 0.1) is 0 Å². The van der Waals surface area contributed by atoms with Gasteiger partial charge in [0.1, 0.15) is 0 Å². The third-order valence-electron chi connectivity index (χ3n) is 5.09. The van der Waals surface area contributed by atoms with Crippen LogP contribution in [-0.2, 0) is 5.41 Å². The number of rotatable bonds is 3. The molecule has 0 radical (unpaired) electrons. The van der Waals surface area contributed by atoms with Gasteiger partial charge in [-0.1, -0.05) is 79.4 Å². The van der Waals surface area contributed by atoms with E-state index in [-0.39, 0.29) is 11.5 Å². The van der Waals surface area contributed by atoms with Crippen molar-refractivity contribution in [2.24, 2.45) is 5.73 Å². The highest BCUT2D eigenvalue weighted by Crippen LogP contribution is 2.47. The molecule has 3 rings (SSSR count). The first kappa shape index (κ1) is 14.3. The van der Waals surface area contributed by atoms with Crippen LogP contribution < -0.4 is 5.73 Å². The maximum atomic E-state index is 6.81. The Labute approximate surface area is 128 Å². The maximum absolute atomic E-state index is 6.81. The molecule has 110 valence electrons. The molecule has 21 heavy (non-hydrogen) atoms. The Morgan fingerprint density at radius 2 is 1.62 bits per heavy atom. The summed E-state index contributed by atoms with van der Waals surface area (Å²) in [4.78, 5) is 0. The van der Waals surface area contributed by atoms with Gasteiger partial charge in [0.25, 0.3) is 0 Å². The van der Waals surface area contributed by atoms with E-state index in [1.54, 1.807) is 0 Å². The van der Waals surface area contributed by atoms with Gasteiger partial charge in [-0.3, -0.25) is 0 Å². The Bertz CT molecular complexity index is 582. The van der Waals surface area contributed by atoms with Crippen LogP contribution in [0.1, 0.15) is 54.8 Å². The van der Waals surface area contributed by atoms with Crippen LogP contribution in [0, 0.1) is 6.92 Å². The van der Waals surface area contributed by atoms with Crippen LogP contribution in [0.25, 0.3) is 0 Å². The van der Waals surface area contributed by atoms with E-state index < -0.39 is 0 Å². The molecule has 1 fully saturated rings. The molecule has 1 atom stereocenters. The zero-order valence-electron chi connectivity index (χ0n) is 12.9. The molecule has 1 aliphatic carbocycles. The van der Waals surface area contributed by atoms with Gasteiger partial charge >= 0.3 is 0 Å². The lowest BCUT2D eigenvalue weighted by molar-refractivity contribution is 0.244. The largest absolute Gasteiger partial charge is 0.323 e. The summed E-state index contributed by atoms with van der Waals surface area (Å²) in [6, 6.07) is 19.7. The molecule has 0 aromatic heterocycles. The Hall–Kier alpha value is -1.60. The van der Waals surface area contributed by atoms with Crippen LogP contribution >= 0.6 is 0 Å². The number of hydrogen-bond acceptors (Lipinski definition) is 1. The fourth-order valence-electron chi connectivity index (χ4n) is 3.91. The average molecular weight is 279 g/mol. The predicted octanol–water partition coefficient (Wildman–Crippen LogP) is 4.90. The van der Waals surface area contributed by atoms with E-state index in [9.17, 15) is 0 Å². The monoisotopic (exact) mass is 279 g/mol. The lowest BCUT2D eigenvalue weighted by Gasteiger charge is -2.43. The van der Waals surface area contributed by atoms with Crippen molar-refractivity contribution in [3.63, 3.8) is 0 Å². The van der Waals surface area contributed by atoms with Crippen LogP contribution in [0.2, 0.25) is 0 Å². The van der Waals surface area contributed by atoms with Crippen molar-refractivity contribution >= 4 is 0 Å². The van der Waals surface area contributed by atoms with E-state index in [1.165, 1.54) is 48.8 Å². The van der Waals surface area contributed by atoms with Crippen LogP contribution in [-0.4, -0.2) is 0 Å². The lowest BCUT2D eigenvalue weighted by atomic mass is 9.63. The van der Waals surface area contributed by atoms with Crippen molar-refractivity contribution < 1.29 is 0 Å². The molecule has 1 nitrogen and oxygen atoms in total. The summed E-state index contributed by atoms with van der Waals surface area (Å²) in [5.41, 5.74) is 10.9. The highest BCUT2D eigenvalue weighted by atomic mass is 14.7. The number of nitrogens with two attached hydrogens (primary N) is 1. The maximum Gasteiger partial charge on any atom is 0.0393 e. The fourth-order valence-corrected chi connectivity index (χ4v) is 3.91. The third-order valence-corrected chi connectivity index (χ3v) is 5.09. The van der Waals surface area contributed by atoms with Crippen molar-refractivity contribution in [2.45, 2.75) is 50.5 Å². The van der Waals surface area contributed by atoms with Crippen molar-refractivity contribution in [2.75, 3.05) is 0 Å². The van der Waals surface area contributed by atoms with E-state index in [1.807, 2.05) is 0 Å². The van der Waals surface area contributed by atoms with E-state index in [4.69, 9.17) is 5.73 Å². The topological polar surface area (TPSA) is 26.0 Å². The zero-order chi connectivity index (χ0) is 14.7. The van der Waals surface area contributed by atoms with E-state index in [0.29, 0.717) is 0 Å². The standard InChI is InChI=1S/C20H25N/c1-16-9-8-10-17(15-16)19(21)20(13-6-3-7-14-20)18-11-4-2-5-12-18/h2,4-5,8-12,15,19H,3,6-7,13-14,21H2,1H3. The first-order chi connectivity index (χ1) is 10.2. The van der Waals surface area contributed by atoms with E-state index in [2.05, 4.69) is 61.5 Å². The normalized spacial score (nSPS) is 19.1. The molecule has 0 bridgehead atoms. The minimum atomic E-state index is 0.0834. The molecule has 1 unspecified atom stereocenters. The number of benzene rings is 2. The molecular weight excluding hydrogens is 254 g/mol. The second-order valence-electron chi connectivity index (χ2n) is 6.47. The Kier molecular flexibility index (Phi) is 4.12. The van der Waals surface area contributed by atoms with Gasteiger partial charge in [0.2, 0.25) is 0 Å². The van der Waals surface area contributed by atoms with Crippen LogP contribution in [0.4, 0.5) is 0 Å².